The van der Waals surface area contributed by atoms with Gasteiger partial charge in [-0.2, -0.15) is 0 Å². The van der Waals surface area contributed by atoms with Gasteiger partial charge in [-0.1, -0.05) is 63.1 Å². The van der Waals surface area contributed by atoms with E-state index >= 15 is 0 Å². The van der Waals surface area contributed by atoms with Crippen molar-refractivity contribution < 1.29 is 10.2 Å². The van der Waals surface area contributed by atoms with Crippen LogP contribution in [0.25, 0.3) is 0 Å². The van der Waals surface area contributed by atoms with Gasteiger partial charge in [0.05, 0.1) is 0 Å². The van der Waals surface area contributed by atoms with Crippen LogP contribution in [0.1, 0.15) is 26.7 Å². The van der Waals surface area contributed by atoms with Gasteiger partial charge in [-0.05, 0) is 24.3 Å². The minimum atomic E-state index is 0.322. The third kappa shape index (κ3) is 10.6. The van der Waals surface area contributed by atoms with Crippen LogP contribution in [0.2, 0.25) is 0 Å². The van der Waals surface area contributed by atoms with E-state index in [4.69, 9.17) is 10.2 Å². The smallest absolute Gasteiger partial charge is 0.115 e. The van der Waals surface area contributed by atoms with E-state index in [0.29, 0.717) is 11.5 Å². The van der Waals surface area contributed by atoms with Crippen LogP contribution in [0.15, 0.2) is 60.7 Å². The highest BCUT2D eigenvalue weighted by molar-refractivity contribution is 5.19. The minimum absolute atomic E-state index is 0.322. The van der Waals surface area contributed by atoms with Crippen molar-refractivity contribution in [1.82, 2.24) is 0 Å². The molecule has 0 fully saturated rings. The van der Waals surface area contributed by atoms with Crippen LogP contribution in [0.3, 0.4) is 0 Å². The van der Waals surface area contributed by atoms with Gasteiger partial charge in [0, 0.05) is 0 Å². The van der Waals surface area contributed by atoms with Crippen molar-refractivity contribution in [1.29, 1.82) is 0 Å². The molecular formula is C16H22O2. The fourth-order valence-corrected chi connectivity index (χ4v) is 0.856. The molecule has 98 valence electrons. The molecular weight excluding hydrogens is 224 g/mol. The molecule has 0 amide bonds. The second-order valence-electron chi connectivity index (χ2n) is 3.67. The Morgan fingerprint density at radius 3 is 1.00 bits per heavy atom. The summed E-state index contributed by atoms with van der Waals surface area (Å²) < 4.78 is 0. The summed E-state index contributed by atoms with van der Waals surface area (Å²) >= 11 is 0. The summed E-state index contributed by atoms with van der Waals surface area (Å²) in [6.45, 7) is 4.36. The average molecular weight is 246 g/mol. The summed E-state index contributed by atoms with van der Waals surface area (Å²) in [5.74, 6) is 0.644. The summed E-state index contributed by atoms with van der Waals surface area (Å²) in [4.78, 5) is 0. The predicted octanol–water partition coefficient (Wildman–Crippen LogP) is 4.59. The molecule has 0 radical (unpaired) electrons. The Kier molecular flexibility index (Phi) is 10.3. The predicted molar refractivity (Wildman–Crippen MR) is 76.8 cm³/mol. The first-order chi connectivity index (χ1) is 8.70. The number of aromatic hydroxyl groups is 2. The lowest BCUT2D eigenvalue weighted by molar-refractivity contribution is 0.475. The zero-order valence-corrected chi connectivity index (χ0v) is 11.1. The normalized spacial score (nSPS) is 8.33. The van der Waals surface area contributed by atoms with E-state index in [1.165, 1.54) is 12.8 Å². The lowest BCUT2D eigenvalue weighted by Gasteiger charge is -1.82. The van der Waals surface area contributed by atoms with Crippen molar-refractivity contribution in [3.63, 3.8) is 0 Å². The second-order valence-corrected chi connectivity index (χ2v) is 3.67. The van der Waals surface area contributed by atoms with Crippen LogP contribution >= 0.6 is 0 Å². The van der Waals surface area contributed by atoms with Gasteiger partial charge >= 0.3 is 0 Å². The van der Waals surface area contributed by atoms with Crippen molar-refractivity contribution in [2.24, 2.45) is 0 Å². The van der Waals surface area contributed by atoms with Gasteiger partial charge < -0.3 is 10.2 Å². The highest BCUT2D eigenvalue weighted by Gasteiger charge is 1.75. The SMILES string of the molecule is CCCC.Oc1ccccc1.Oc1ccccc1. The molecule has 0 aromatic heterocycles. The van der Waals surface area contributed by atoms with E-state index in [-0.39, 0.29) is 0 Å². The molecule has 0 saturated heterocycles. The summed E-state index contributed by atoms with van der Waals surface area (Å²) in [6.07, 6.45) is 2.64. The van der Waals surface area contributed by atoms with Crippen LogP contribution in [-0.4, -0.2) is 10.2 Å². The fraction of sp³-hybridized carbons (Fsp3) is 0.250. The van der Waals surface area contributed by atoms with Gasteiger partial charge in [0.15, 0.2) is 0 Å². The van der Waals surface area contributed by atoms with Crippen LogP contribution < -0.4 is 0 Å². The number of unbranched alkanes of at least 4 members (excludes halogenated alkanes) is 1. The van der Waals surface area contributed by atoms with Gasteiger partial charge in [0.25, 0.3) is 0 Å². The molecule has 2 N–H and O–H groups in total. The largest absolute Gasteiger partial charge is 0.508 e. The Hall–Kier alpha value is -1.96. The molecule has 2 aromatic carbocycles. The number of phenols is 2. The maximum Gasteiger partial charge on any atom is 0.115 e. The molecule has 0 heterocycles. The minimum Gasteiger partial charge on any atom is -0.508 e. The first-order valence-corrected chi connectivity index (χ1v) is 6.18. The van der Waals surface area contributed by atoms with E-state index in [1.54, 1.807) is 48.5 Å². The highest BCUT2D eigenvalue weighted by Crippen LogP contribution is 2.03. The molecule has 2 heteroatoms. The van der Waals surface area contributed by atoms with Crippen molar-refractivity contribution in [3.8, 4) is 11.5 Å². The van der Waals surface area contributed by atoms with Gasteiger partial charge in [-0.15, -0.1) is 0 Å². The van der Waals surface area contributed by atoms with Gasteiger partial charge in [0.1, 0.15) is 11.5 Å². The third-order valence-corrected chi connectivity index (χ3v) is 2.01. The number of hydrogen-bond donors (Lipinski definition) is 2. The van der Waals surface area contributed by atoms with E-state index < -0.39 is 0 Å². The van der Waals surface area contributed by atoms with Crippen LogP contribution in [-0.2, 0) is 0 Å². The van der Waals surface area contributed by atoms with Crippen molar-refractivity contribution in [3.05, 3.63) is 60.7 Å². The molecule has 0 aliphatic carbocycles. The monoisotopic (exact) mass is 246 g/mol. The van der Waals surface area contributed by atoms with E-state index in [0.717, 1.165) is 0 Å². The molecule has 18 heavy (non-hydrogen) atoms. The molecule has 0 aliphatic heterocycles. The van der Waals surface area contributed by atoms with Gasteiger partial charge in [-0.25, -0.2) is 0 Å². The summed E-state index contributed by atoms with van der Waals surface area (Å²) in [5.41, 5.74) is 0. The van der Waals surface area contributed by atoms with Crippen molar-refractivity contribution in [2.45, 2.75) is 26.7 Å². The van der Waals surface area contributed by atoms with E-state index in [1.807, 2.05) is 12.1 Å². The molecule has 0 atom stereocenters. The molecule has 0 saturated carbocycles. The summed E-state index contributed by atoms with van der Waals surface area (Å²) in [5, 5.41) is 17.3. The first kappa shape index (κ1) is 16.0. The Balaban J connectivity index is 0.000000253. The Morgan fingerprint density at radius 2 is 0.889 bits per heavy atom. The number of hydrogen-bond acceptors (Lipinski definition) is 2. The Morgan fingerprint density at radius 1 is 0.611 bits per heavy atom. The van der Waals surface area contributed by atoms with Crippen molar-refractivity contribution in [2.75, 3.05) is 0 Å². The molecule has 2 nitrogen and oxygen atoms in total. The number of phenolic OH excluding ortho intramolecular Hbond substituents is 2. The molecule has 2 rings (SSSR count). The standard InChI is InChI=1S/2C6H6O.C4H10/c2*7-6-4-2-1-3-5-6;1-3-4-2/h2*1-5,7H;3-4H2,1-2H3. The van der Waals surface area contributed by atoms with E-state index in [9.17, 15) is 0 Å². The number of para-hydroxylation sites is 2. The quantitative estimate of drug-likeness (QED) is 0.772. The number of benzene rings is 2. The Labute approximate surface area is 110 Å². The van der Waals surface area contributed by atoms with Gasteiger partial charge in [0.2, 0.25) is 0 Å². The summed E-state index contributed by atoms with van der Waals surface area (Å²) in [7, 11) is 0. The zero-order valence-electron chi connectivity index (χ0n) is 11.1. The van der Waals surface area contributed by atoms with Crippen molar-refractivity contribution >= 4 is 0 Å². The summed E-state index contributed by atoms with van der Waals surface area (Å²) in [6, 6.07) is 17.4. The lowest BCUT2D eigenvalue weighted by atomic mass is 10.3. The maximum absolute atomic E-state index is 8.63. The number of rotatable bonds is 1. The Bertz CT molecular complexity index is 331. The van der Waals surface area contributed by atoms with Crippen LogP contribution in [0, 0.1) is 0 Å². The van der Waals surface area contributed by atoms with Crippen LogP contribution in [0.4, 0.5) is 0 Å². The average Bonchev–Trinajstić information content (AvgIpc) is 2.41. The molecule has 0 spiro atoms. The lowest BCUT2D eigenvalue weighted by Crippen LogP contribution is -1.56. The molecule has 0 bridgehead atoms. The maximum atomic E-state index is 8.63. The molecule has 0 aliphatic rings. The third-order valence-electron chi connectivity index (χ3n) is 2.01. The zero-order chi connectivity index (χ0) is 13.6. The second kappa shape index (κ2) is 11.5. The molecule has 0 unspecified atom stereocenters. The first-order valence-electron chi connectivity index (χ1n) is 6.18. The highest BCUT2D eigenvalue weighted by atomic mass is 16.3. The van der Waals surface area contributed by atoms with E-state index in [2.05, 4.69) is 13.8 Å². The van der Waals surface area contributed by atoms with Crippen LogP contribution in [0.5, 0.6) is 11.5 Å². The van der Waals surface area contributed by atoms with Gasteiger partial charge in [-0.3, -0.25) is 0 Å². The molecule has 2 aromatic rings. The fourth-order valence-electron chi connectivity index (χ4n) is 0.856. The topological polar surface area (TPSA) is 40.5 Å².